The maximum Gasteiger partial charge on any atom is 0.336 e. The van der Waals surface area contributed by atoms with Gasteiger partial charge in [-0.3, -0.25) is 9.59 Å². The van der Waals surface area contributed by atoms with Crippen LogP contribution in [0.4, 0.5) is 0 Å². The molecule has 2 aromatic carbocycles. The number of ether oxygens (including phenoxy) is 1. The number of amides is 1. The fourth-order valence-corrected chi connectivity index (χ4v) is 3.74. The van der Waals surface area contributed by atoms with E-state index in [4.69, 9.17) is 20.6 Å². The maximum atomic E-state index is 12.7. The summed E-state index contributed by atoms with van der Waals surface area (Å²) in [5.74, 6) is -0.224. The lowest BCUT2D eigenvalue weighted by atomic mass is 9.94. The summed E-state index contributed by atoms with van der Waals surface area (Å²) in [4.78, 5) is 36.6. The van der Waals surface area contributed by atoms with Crippen molar-refractivity contribution in [3.05, 3.63) is 88.0 Å². The number of Topliss-reactive ketones (excluding diaryl/α,β-unsaturated/α-hetero) is 1. The van der Waals surface area contributed by atoms with E-state index in [1.54, 1.807) is 48.7 Å². The molecule has 0 saturated heterocycles. The molecule has 1 unspecified atom stereocenters. The molecule has 0 radical (unpaired) electrons. The molecule has 1 aromatic heterocycles. The summed E-state index contributed by atoms with van der Waals surface area (Å²) in [7, 11) is 0. The number of fused-ring (bicyclic) bond motifs is 1. The Morgan fingerprint density at radius 3 is 2.44 bits per heavy atom. The quantitative estimate of drug-likeness (QED) is 0.393. The number of benzene rings is 2. The minimum Gasteiger partial charge on any atom is -0.476 e. The van der Waals surface area contributed by atoms with Crippen molar-refractivity contribution in [2.75, 3.05) is 0 Å². The SMILES string of the molecule is Cc1cc(=O)oc2cc(OC(C(N)=O)c3ccc(CC(=O)[C@@H](N/C=C/N)C(C)C)cc3)ccc12. The number of carbonyl (C=O) groups is 2. The van der Waals surface area contributed by atoms with Gasteiger partial charge < -0.3 is 25.9 Å². The van der Waals surface area contributed by atoms with Gasteiger partial charge in [0.2, 0.25) is 6.10 Å². The Hall–Kier alpha value is -4.07. The van der Waals surface area contributed by atoms with Crippen LogP contribution in [0.2, 0.25) is 0 Å². The monoisotopic (exact) mass is 463 g/mol. The summed E-state index contributed by atoms with van der Waals surface area (Å²) < 4.78 is 11.1. The van der Waals surface area contributed by atoms with Crippen molar-refractivity contribution in [2.45, 2.75) is 39.3 Å². The Morgan fingerprint density at radius 1 is 1.12 bits per heavy atom. The van der Waals surface area contributed by atoms with Crippen LogP contribution in [0.1, 0.15) is 36.6 Å². The molecular weight excluding hydrogens is 434 g/mol. The minimum absolute atomic E-state index is 0.0245. The molecule has 178 valence electrons. The number of primary amides is 1. The van der Waals surface area contributed by atoms with Crippen molar-refractivity contribution in [3.8, 4) is 5.75 Å². The lowest BCUT2D eigenvalue weighted by molar-refractivity contribution is -0.125. The summed E-state index contributed by atoms with van der Waals surface area (Å²) >= 11 is 0. The van der Waals surface area contributed by atoms with Gasteiger partial charge in [0, 0.05) is 41.9 Å². The first-order chi connectivity index (χ1) is 16.2. The van der Waals surface area contributed by atoms with Gasteiger partial charge in [-0.15, -0.1) is 0 Å². The summed E-state index contributed by atoms with van der Waals surface area (Å²) in [6.45, 7) is 5.72. The number of nitrogens with one attached hydrogen (secondary N) is 1. The van der Waals surface area contributed by atoms with Crippen LogP contribution in [0.3, 0.4) is 0 Å². The van der Waals surface area contributed by atoms with Crippen LogP contribution < -0.4 is 27.1 Å². The smallest absolute Gasteiger partial charge is 0.336 e. The summed E-state index contributed by atoms with van der Waals surface area (Å²) in [5.41, 5.74) is 13.0. The van der Waals surface area contributed by atoms with Gasteiger partial charge in [-0.05, 0) is 36.1 Å². The highest BCUT2D eigenvalue weighted by atomic mass is 16.5. The summed E-state index contributed by atoms with van der Waals surface area (Å²) in [5, 5.41) is 3.79. The molecule has 0 spiro atoms. The molecule has 8 nitrogen and oxygen atoms in total. The molecule has 34 heavy (non-hydrogen) atoms. The molecule has 1 heterocycles. The van der Waals surface area contributed by atoms with E-state index in [0.717, 1.165) is 16.5 Å². The van der Waals surface area contributed by atoms with E-state index in [2.05, 4.69) is 5.32 Å². The number of nitrogens with two attached hydrogens (primary N) is 2. The molecule has 8 heteroatoms. The van der Waals surface area contributed by atoms with Gasteiger partial charge in [0.05, 0.1) is 6.04 Å². The van der Waals surface area contributed by atoms with E-state index < -0.39 is 17.6 Å². The third-order valence-electron chi connectivity index (χ3n) is 5.48. The minimum atomic E-state index is -1.06. The highest BCUT2D eigenvalue weighted by molar-refractivity contribution is 5.86. The molecule has 0 aliphatic rings. The molecule has 0 aliphatic carbocycles. The zero-order valence-electron chi connectivity index (χ0n) is 19.4. The van der Waals surface area contributed by atoms with Crippen LogP contribution in [0.15, 0.2) is 70.1 Å². The molecular formula is C26H29N3O5. The number of hydrogen-bond donors (Lipinski definition) is 3. The Bertz CT molecular complexity index is 1260. The van der Waals surface area contributed by atoms with Crippen LogP contribution in [0.25, 0.3) is 11.0 Å². The molecule has 0 fully saturated rings. The van der Waals surface area contributed by atoms with Gasteiger partial charge in [0.15, 0.2) is 5.78 Å². The Morgan fingerprint density at radius 2 is 1.82 bits per heavy atom. The van der Waals surface area contributed by atoms with Crippen LogP contribution in [-0.4, -0.2) is 17.7 Å². The van der Waals surface area contributed by atoms with E-state index in [9.17, 15) is 14.4 Å². The average Bonchev–Trinajstić information content (AvgIpc) is 2.77. The molecule has 5 N–H and O–H groups in total. The molecule has 0 saturated carbocycles. The van der Waals surface area contributed by atoms with Crippen molar-refractivity contribution in [2.24, 2.45) is 17.4 Å². The lowest BCUT2D eigenvalue weighted by Crippen LogP contribution is -2.39. The van der Waals surface area contributed by atoms with Gasteiger partial charge >= 0.3 is 5.63 Å². The van der Waals surface area contributed by atoms with Gasteiger partial charge in [-0.2, -0.15) is 0 Å². The topological polar surface area (TPSA) is 138 Å². The second-order valence-electron chi connectivity index (χ2n) is 8.44. The standard InChI is InChI=1S/C26H29N3O5/c1-15(2)24(29-11-10-27)21(30)13-17-4-6-18(7-5-17)25(26(28)32)33-19-8-9-20-16(3)12-23(31)34-22(20)14-19/h4-12,14-15,24-25,29H,13,27H2,1-3H3,(H2,28,32)/b11-10+/t24-,25?/m0/s1. The van der Waals surface area contributed by atoms with Crippen molar-refractivity contribution < 1.29 is 18.7 Å². The Kier molecular flexibility index (Phi) is 7.73. The van der Waals surface area contributed by atoms with E-state index in [-0.39, 0.29) is 24.2 Å². The van der Waals surface area contributed by atoms with Crippen LogP contribution in [0.5, 0.6) is 5.75 Å². The first-order valence-electron chi connectivity index (χ1n) is 10.9. The highest BCUT2D eigenvalue weighted by Gasteiger charge is 2.23. The van der Waals surface area contributed by atoms with Gasteiger partial charge in [0.25, 0.3) is 5.91 Å². The first kappa shape index (κ1) is 24.6. The predicted molar refractivity (Wildman–Crippen MR) is 130 cm³/mol. The number of ketones is 1. The molecule has 3 aromatic rings. The second-order valence-corrected chi connectivity index (χ2v) is 8.44. The number of rotatable bonds is 10. The highest BCUT2D eigenvalue weighted by Crippen LogP contribution is 2.27. The fraction of sp³-hybridized carbons (Fsp3) is 0.269. The lowest BCUT2D eigenvalue weighted by Gasteiger charge is -2.20. The number of carbonyl (C=O) groups excluding carboxylic acids is 2. The zero-order valence-corrected chi connectivity index (χ0v) is 19.4. The van der Waals surface area contributed by atoms with Gasteiger partial charge in [0.1, 0.15) is 11.3 Å². The number of aryl methyl sites for hydroxylation is 1. The van der Waals surface area contributed by atoms with Crippen molar-refractivity contribution in [1.29, 1.82) is 0 Å². The predicted octanol–water partition coefficient (Wildman–Crippen LogP) is 2.86. The summed E-state index contributed by atoms with van der Waals surface area (Å²) in [6, 6.07) is 13.0. The summed E-state index contributed by atoms with van der Waals surface area (Å²) in [6.07, 6.45) is 2.07. The van der Waals surface area contributed by atoms with Crippen LogP contribution in [-0.2, 0) is 16.0 Å². The molecule has 1 amide bonds. The van der Waals surface area contributed by atoms with Crippen molar-refractivity contribution in [3.63, 3.8) is 0 Å². The fourth-order valence-electron chi connectivity index (χ4n) is 3.74. The molecule has 2 atom stereocenters. The largest absolute Gasteiger partial charge is 0.476 e. The van der Waals surface area contributed by atoms with E-state index in [1.807, 2.05) is 20.8 Å². The molecule has 0 bridgehead atoms. The van der Waals surface area contributed by atoms with Gasteiger partial charge in [-0.25, -0.2) is 4.79 Å². The second kappa shape index (κ2) is 10.7. The maximum absolute atomic E-state index is 12.7. The van der Waals surface area contributed by atoms with E-state index in [0.29, 0.717) is 16.9 Å². The van der Waals surface area contributed by atoms with Crippen LogP contribution in [0, 0.1) is 12.8 Å². The average molecular weight is 464 g/mol. The van der Waals surface area contributed by atoms with E-state index >= 15 is 0 Å². The first-order valence-corrected chi connectivity index (χ1v) is 10.9. The Balaban J connectivity index is 1.78. The zero-order chi connectivity index (χ0) is 24.8. The number of hydrogen-bond acceptors (Lipinski definition) is 7. The van der Waals surface area contributed by atoms with Crippen molar-refractivity contribution in [1.82, 2.24) is 5.32 Å². The molecule has 0 aliphatic heterocycles. The molecule has 3 rings (SSSR count). The van der Waals surface area contributed by atoms with Crippen LogP contribution >= 0.6 is 0 Å². The third-order valence-corrected chi connectivity index (χ3v) is 5.48. The van der Waals surface area contributed by atoms with E-state index in [1.165, 1.54) is 12.3 Å². The van der Waals surface area contributed by atoms with Gasteiger partial charge in [-0.1, -0.05) is 38.1 Å². The third kappa shape index (κ3) is 5.83. The normalized spacial score (nSPS) is 13.2. The Labute approximate surface area is 197 Å². The van der Waals surface area contributed by atoms with Crippen molar-refractivity contribution >= 4 is 22.7 Å².